The molecule has 1 aliphatic rings. The maximum atomic E-state index is 5.26. The van der Waals surface area contributed by atoms with Crippen molar-refractivity contribution in [3.63, 3.8) is 0 Å². The zero-order chi connectivity index (χ0) is 13.3. The molecule has 2 rings (SSSR count). The second kappa shape index (κ2) is 4.72. The average molecular weight is 250 g/mol. The first kappa shape index (κ1) is 13.1. The topological polar surface area (TPSA) is 50.3 Å². The smallest absolute Gasteiger partial charge is 0.227 e. The van der Waals surface area contributed by atoms with Crippen molar-refractivity contribution in [1.82, 2.24) is 9.97 Å². The van der Waals surface area contributed by atoms with Crippen LogP contribution in [0.15, 0.2) is 0 Å². The fourth-order valence-electron chi connectivity index (χ4n) is 1.84. The highest BCUT2D eigenvalue weighted by molar-refractivity contribution is 5.50. The van der Waals surface area contributed by atoms with Crippen molar-refractivity contribution in [2.45, 2.75) is 20.8 Å². The summed E-state index contributed by atoms with van der Waals surface area (Å²) in [7, 11) is 3.91. The molecular weight excluding hydrogens is 228 g/mol. The average Bonchev–Trinajstić information content (AvgIpc) is 2.28. The summed E-state index contributed by atoms with van der Waals surface area (Å²) in [6.07, 6.45) is 0. The molecule has 1 aliphatic heterocycles. The molecule has 0 amide bonds. The Hall–Kier alpha value is -1.36. The number of aromatic nitrogens is 2. The molecule has 5 nitrogen and oxygen atoms in total. The van der Waals surface area contributed by atoms with Gasteiger partial charge in [0.1, 0.15) is 5.82 Å². The quantitative estimate of drug-likeness (QED) is 0.879. The van der Waals surface area contributed by atoms with Crippen molar-refractivity contribution in [3.05, 3.63) is 11.3 Å². The van der Waals surface area contributed by atoms with Crippen LogP contribution in [0.1, 0.15) is 18.2 Å². The zero-order valence-corrected chi connectivity index (χ0v) is 11.9. The number of rotatable bonds is 4. The van der Waals surface area contributed by atoms with Crippen LogP contribution < -0.4 is 10.2 Å². The number of anilines is 2. The molecule has 0 aromatic carbocycles. The van der Waals surface area contributed by atoms with Gasteiger partial charge in [0.05, 0.1) is 13.2 Å². The summed E-state index contributed by atoms with van der Waals surface area (Å²) in [4.78, 5) is 10.9. The van der Waals surface area contributed by atoms with Gasteiger partial charge in [-0.3, -0.25) is 0 Å². The van der Waals surface area contributed by atoms with Crippen LogP contribution in [0.4, 0.5) is 11.8 Å². The van der Waals surface area contributed by atoms with E-state index in [4.69, 9.17) is 4.74 Å². The van der Waals surface area contributed by atoms with Crippen LogP contribution in [0.3, 0.4) is 0 Å². The Labute approximate surface area is 109 Å². The van der Waals surface area contributed by atoms with Gasteiger partial charge in [0.25, 0.3) is 0 Å². The summed E-state index contributed by atoms with van der Waals surface area (Å²) in [6.45, 7) is 8.82. The summed E-state index contributed by atoms with van der Waals surface area (Å²) in [6, 6.07) is 0. The fraction of sp³-hybridized carbons (Fsp3) is 0.692. The predicted molar refractivity (Wildman–Crippen MR) is 73.2 cm³/mol. The van der Waals surface area contributed by atoms with Crippen LogP contribution in [-0.4, -0.2) is 43.8 Å². The van der Waals surface area contributed by atoms with Gasteiger partial charge >= 0.3 is 0 Å². The van der Waals surface area contributed by atoms with E-state index in [1.807, 2.05) is 25.9 Å². The SMILES string of the molecule is Cc1nc(N(C)C)nc(NCC2(C)COC2)c1C. The van der Waals surface area contributed by atoms with Gasteiger partial charge < -0.3 is 15.0 Å². The molecule has 1 aromatic heterocycles. The Balaban J connectivity index is 2.15. The predicted octanol–water partition coefficient (Wildman–Crippen LogP) is 1.61. The van der Waals surface area contributed by atoms with E-state index < -0.39 is 0 Å². The Kier molecular flexibility index (Phi) is 3.43. The van der Waals surface area contributed by atoms with Crippen LogP contribution in [0.25, 0.3) is 0 Å². The van der Waals surface area contributed by atoms with Gasteiger partial charge in [0.15, 0.2) is 0 Å². The number of aryl methyl sites for hydroxylation is 1. The van der Waals surface area contributed by atoms with E-state index in [1.165, 1.54) is 0 Å². The van der Waals surface area contributed by atoms with Gasteiger partial charge in [-0.15, -0.1) is 0 Å². The minimum Gasteiger partial charge on any atom is -0.380 e. The first-order valence-electron chi connectivity index (χ1n) is 6.25. The van der Waals surface area contributed by atoms with E-state index in [0.717, 1.165) is 42.8 Å². The highest BCUT2D eigenvalue weighted by atomic mass is 16.5. The molecule has 0 bridgehead atoms. The van der Waals surface area contributed by atoms with Crippen LogP contribution >= 0.6 is 0 Å². The van der Waals surface area contributed by atoms with Crippen molar-refractivity contribution in [2.24, 2.45) is 5.41 Å². The summed E-state index contributed by atoms with van der Waals surface area (Å²) >= 11 is 0. The maximum absolute atomic E-state index is 5.26. The van der Waals surface area contributed by atoms with Crippen LogP contribution in [0.5, 0.6) is 0 Å². The Morgan fingerprint density at radius 3 is 2.44 bits per heavy atom. The van der Waals surface area contributed by atoms with Crippen molar-refractivity contribution in [1.29, 1.82) is 0 Å². The molecular formula is C13H22N4O. The zero-order valence-electron chi connectivity index (χ0n) is 11.9. The first-order valence-corrected chi connectivity index (χ1v) is 6.25. The third-order valence-corrected chi connectivity index (χ3v) is 3.36. The lowest BCUT2D eigenvalue weighted by molar-refractivity contribution is -0.0924. The monoisotopic (exact) mass is 250 g/mol. The first-order chi connectivity index (χ1) is 8.41. The maximum Gasteiger partial charge on any atom is 0.227 e. The molecule has 5 heteroatoms. The third kappa shape index (κ3) is 2.56. The lowest BCUT2D eigenvalue weighted by Gasteiger charge is -2.38. The molecule has 0 aliphatic carbocycles. The van der Waals surface area contributed by atoms with E-state index in [2.05, 4.69) is 29.1 Å². The lowest BCUT2D eigenvalue weighted by atomic mass is 9.89. The molecule has 100 valence electrons. The molecule has 1 saturated heterocycles. The summed E-state index contributed by atoms with van der Waals surface area (Å²) in [5.41, 5.74) is 2.37. The van der Waals surface area contributed by atoms with Gasteiger partial charge in [-0.1, -0.05) is 6.92 Å². The molecule has 1 aromatic rings. The Morgan fingerprint density at radius 1 is 1.28 bits per heavy atom. The molecule has 1 N–H and O–H groups in total. The van der Waals surface area contributed by atoms with E-state index in [-0.39, 0.29) is 5.41 Å². The molecule has 18 heavy (non-hydrogen) atoms. The number of ether oxygens (including phenoxy) is 1. The van der Waals surface area contributed by atoms with Gasteiger partial charge in [0.2, 0.25) is 5.95 Å². The van der Waals surface area contributed by atoms with Gasteiger partial charge in [0, 0.05) is 37.3 Å². The lowest BCUT2D eigenvalue weighted by Crippen LogP contribution is -2.45. The van der Waals surface area contributed by atoms with E-state index in [0.29, 0.717) is 0 Å². The van der Waals surface area contributed by atoms with Crippen molar-refractivity contribution in [2.75, 3.05) is 44.1 Å². The Morgan fingerprint density at radius 2 is 1.94 bits per heavy atom. The van der Waals surface area contributed by atoms with Crippen molar-refractivity contribution < 1.29 is 4.74 Å². The molecule has 0 radical (unpaired) electrons. The molecule has 1 fully saturated rings. The standard InChI is InChI=1S/C13H22N4O/c1-9-10(2)15-12(17(4)5)16-11(9)14-6-13(3)7-18-8-13/h6-8H2,1-5H3,(H,14,15,16). The summed E-state index contributed by atoms with van der Waals surface area (Å²) in [5, 5.41) is 3.43. The van der Waals surface area contributed by atoms with E-state index in [1.54, 1.807) is 0 Å². The fourth-order valence-corrected chi connectivity index (χ4v) is 1.84. The molecule has 2 heterocycles. The van der Waals surface area contributed by atoms with Crippen LogP contribution in [0.2, 0.25) is 0 Å². The van der Waals surface area contributed by atoms with E-state index in [9.17, 15) is 0 Å². The van der Waals surface area contributed by atoms with E-state index >= 15 is 0 Å². The van der Waals surface area contributed by atoms with Gasteiger partial charge in [-0.2, -0.15) is 4.98 Å². The number of nitrogens with one attached hydrogen (secondary N) is 1. The van der Waals surface area contributed by atoms with Crippen LogP contribution in [0, 0.1) is 19.3 Å². The van der Waals surface area contributed by atoms with Gasteiger partial charge in [-0.05, 0) is 13.8 Å². The third-order valence-electron chi connectivity index (χ3n) is 3.36. The van der Waals surface area contributed by atoms with Crippen molar-refractivity contribution in [3.8, 4) is 0 Å². The number of hydrogen-bond donors (Lipinski definition) is 1. The number of nitrogens with zero attached hydrogens (tertiary/aromatic N) is 3. The second-order valence-electron chi connectivity index (χ2n) is 5.63. The Bertz CT molecular complexity index is 441. The summed E-state index contributed by atoms with van der Waals surface area (Å²) in [5.74, 6) is 1.68. The normalized spacial score (nSPS) is 17.2. The molecule has 0 spiro atoms. The van der Waals surface area contributed by atoms with Crippen molar-refractivity contribution >= 4 is 11.8 Å². The summed E-state index contributed by atoms with van der Waals surface area (Å²) < 4.78 is 5.26. The highest BCUT2D eigenvalue weighted by Crippen LogP contribution is 2.27. The molecule has 0 unspecified atom stereocenters. The van der Waals surface area contributed by atoms with Crippen LogP contribution in [-0.2, 0) is 4.74 Å². The largest absolute Gasteiger partial charge is 0.380 e. The molecule has 0 saturated carbocycles. The van der Waals surface area contributed by atoms with Gasteiger partial charge in [-0.25, -0.2) is 4.98 Å². The molecule has 0 atom stereocenters. The second-order valence-corrected chi connectivity index (χ2v) is 5.63. The minimum atomic E-state index is 0.240. The highest BCUT2D eigenvalue weighted by Gasteiger charge is 2.33. The minimum absolute atomic E-state index is 0.240. The number of hydrogen-bond acceptors (Lipinski definition) is 5.